The molecule has 0 atom stereocenters. The van der Waals surface area contributed by atoms with E-state index in [0.29, 0.717) is 0 Å². The molecule has 26 heavy (non-hydrogen) atoms. The normalized spacial score (nSPS) is 11.8. The zero-order chi connectivity index (χ0) is 18.0. The number of benzene rings is 1. The molecule has 130 valence electrons. The highest BCUT2D eigenvalue weighted by atomic mass is 15.4. The van der Waals surface area contributed by atoms with Crippen LogP contribution in [-0.2, 0) is 28.2 Å². The fraction of sp³-hybridized carbons (Fsp3) is 0.211. The van der Waals surface area contributed by atoms with E-state index in [-0.39, 0.29) is 0 Å². The summed E-state index contributed by atoms with van der Waals surface area (Å²) in [5.74, 6) is 3.14. The van der Waals surface area contributed by atoms with Crippen molar-refractivity contribution in [3.63, 3.8) is 0 Å². The minimum atomic E-state index is 0.931. The van der Waals surface area contributed by atoms with E-state index in [0.717, 1.165) is 34.1 Å². The van der Waals surface area contributed by atoms with Crippen LogP contribution >= 0.6 is 0 Å². The number of hydrogen-bond acceptors (Lipinski definition) is 1. The van der Waals surface area contributed by atoms with Crippen LogP contribution < -0.4 is 9.25 Å². The molecule has 0 fully saturated rings. The standard InChI is InChI=1S/C19H21N7/c1-21-11-12-22(2)18(21)16-9-10-26(24(16)4)17-13-25-15-8-6-5-7-14(15)20-19(25)23(17)3/h5-13H,1-4H3/q+2. The molecule has 7 heteroatoms. The minimum Gasteiger partial charge on any atom is -0.257 e. The monoisotopic (exact) mass is 347 g/mol. The zero-order valence-corrected chi connectivity index (χ0v) is 15.3. The molecule has 0 amide bonds. The average molecular weight is 347 g/mol. The molecule has 4 heterocycles. The van der Waals surface area contributed by atoms with E-state index in [9.17, 15) is 0 Å². The van der Waals surface area contributed by atoms with Gasteiger partial charge in [0, 0.05) is 13.1 Å². The fourth-order valence-electron chi connectivity index (χ4n) is 3.78. The smallest absolute Gasteiger partial charge is 0.257 e. The van der Waals surface area contributed by atoms with E-state index < -0.39 is 0 Å². The largest absolute Gasteiger partial charge is 0.325 e. The Kier molecular flexibility index (Phi) is 2.92. The molecule has 0 unspecified atom stereocenters. The van der Waals surface area contributed by atoms with Gasteiger partial charge in [0.2, 0.25) is 0 Å². The van der Waals surface area contributed by atoms with Crippen LogP contribution in [0.15, 0.2) is 55.1 Å². The summed E-state index contributed by atoms with van der Waals surface area (Å²) >= 11 is 0. The molecule has 0 N–H and O–H groups in total. The van der Waals surface area contributed by atoms with E-state index in [4.69, 9.17) is 4.98 Å². The number of aryl methyl sites for hydroxylation is 3. The van der Waals surface area contributed by atoms with Gasteiger partial charge in [-0.05, 0) is 12.1 Å². The van der Waals surface area contributed by atoms with Crippen molar-refractivity contribution in [1.82, 2.24) is 23.2 Å². The second kappa shape index (κ2) is 5.08. The molecule has 0 saturated carbocycles. The lowest BCUT2D eigenvalue weighted by Gasteiger charge is -2.02. The molecule has 0 aliphatic heterocycles. The summed E-state index contributed by atoms with van der Waals surface area (Å²) in [7, 11) is 8.26. The van der Waals surface area contributed by atoms with Crippen molar-refractivity contribution in [3.05, 3.63) is 55.1 Å². The summed E-state index contributed by atoms with van der Waals surface area (Å²) in [6.07, 6.45) is 8.36. The van der Waals surface area contributed by atoms with Crippen LogP contribution in [0.3, 0.4) is 0 Å². The predicted octanol–water partition coefficient (Wildman–Crippen LogP) is 1.27. The van der Waals surface area contributed by atoms with Gasteiger partial charge in [-0.1, -0.05) is 12.1 Å². The van der Waals surface area contributed by atoms with Crippen molar-refractivity contribution < 1.29 is 9.25 Å². The van der Waals surface area contributed by atoms with Crippen LogP contribution in [-0.4, -0.2) is 23.2 Å². The van der Waals surface area contributed by atoms with Gasteiger partial charge in [0.05, 0.1) is 32.2 Å². The Morgan fingerprint density at radius 1 is 1.00 bits per heavy atom. The van der Waals surface area contributed by atoms with Crippen LogP contribution in [0.25, 0.3) is 34.1 Å². The van der Waals surface area contributed by atoms with Gasteiger partial charge >= 0.3 is 17.4 Å². The maximum absolute atomic E-state index is 4.77. The molecule has 1 aromatic carbocycles. The van der Waals surface area contributed by atoms with Crippen LogP contribution in [0.1, 0.15) is 0 Å². The zero-order valence-electron chi connectivity index (χ0n) is 15.3. The topological polar surface area (TPSA) is 39.9 Å². The molecular weight excluding hydrogens is 326 g/mol. The maximum atomic E-state index is 4.77. The molecule has 5 aromatic rings. The first-order valence-electron chi connectivity index (χ1n) is 8.58. The summed E-state index contributed by atoms with van der Waals surface area (Å²) < 4.78 is 12.8. The maximum Gasteiger partial charge on any atom is 0.325 e. The summed E-state index contributed by atoms with van der Waals surface area (Å²) in [5.41, 5.74) is 3.27. The molecule has 0 aliphatic rings. The van der Waals surface area contributed by atoms with Crippen molar-refractivity contribution in [2.75, 3.05) is 0 Å². The summed E-state index contributed by atoms with van der Waals surface area (Å²) in [5, 5.41) is 0. The SMILES string of the molecule is Cn1cc[n+](C)c1-c1cc[n+](-c2cn3c4ccccc4nc3n2C)n1C. The summed E-state index contributed by atoms with van der Waals surface area (Å²) in [6, 6.07) is 10.4. The molecule has 5 rings (SSSR count). The van der Waals surface area contributed by atoms with Crippen molar-refractivity contribution >= 4 is 16.8 Å². The van der Waals surface area contributed by atoms with Gasteiger partial charge in [-0.25, -0.2) is 13.8 Å². The Balaban J connectivity index is 1.73. The van der Waals surface area contributed by atoms with Gasteiger partial charge in [-0.2, -0.15) is 9.55 Å². The van der Waals surface area contributed by atoms with Crippen LogP contribution in [0, 0.1) is 0 Å². The highest BCUT2D eigenvalue weighted by molar-refractivity contribution is 5.79. The molecule has 0 saturated heterocycles. The van der Waals surface area contributed by atoms with Gasteiger partial charge in [0.1, 0.15) is 24.8 Å². The molecule has 7 nitrogen and oxygen atoms in total. The second-order valence-corrected chi connectivity index (χ2v) is 6.73. The van der Waals surface area contributed by atoms with E-state index >= 15 is 0 Å². The third kappa shape index (κ3) is 1.85. The molecule has 0 bridgehead atoms. The number of aromatic nitrogens is 7. The number of para-hydroxylation sites is 2. The van der Waals surface area contributed by atoms with E-state index in [1.54, 1.807) is 0 Å². The van der Waals surface area contributed by atoms with Gasteiger partial charge < -0.3 is 0 Å². The van der Waals surface area contributed by atoms with Crippen LogP contribution in [0.2, 0.25) is 0 Å². The Morgan fingerprint density at radius 2 is 1.81 bits per heavy atom. The fourth-order valence-corrected chi connectivity index (χ4v) is 3.78. The second-order valence-electron chi connectivity index (χ2n) is 6.73. The van der Waals surface area contributed by atoms with Gasteiger partial charge in [-0.3, -0.25) is 4.40 Å². The summed E-state index contributed by atoms with van der Waals surface area (Å²) in [6.45, 7) is 0. The molecular formula is C19H21N7+2. The lowest BCUT2D eigenvalue weighted by molar-refractivity contribution is -0.688. The number of imidazole rings is 3. The Bertz CT molecular complexity index is 1260. The quantitative estimate of drug-likeness (QED) is 0.443. The number of nitrogens with zero attached hydrogens (tertiary/aromatic N) is 7. The number of rotatable bonds is 2. The first kappa shape index (κ1) is 14.9. The third-order valence-electron chi connectivity index (χ3n) is 5.16. The molecule has 4 aromatic heterocycles. The molecule has 0 radical (unpaired) electrons. The van der Waals surface area contributed by atoms with E-state index in [2.05, 4.69) is 92.6 Å². The van der Waals surface area contributed by atoms with Gasteiger partial charge in [-0.15, -0.1) is 4.68 Å². The summed E-state index contributed by atoms with van der Waals surface area (Å²) in [4.78, 5) is 4.77. The van der Waals surface area contributed by atoms with E-state index in [1.165, 1.54) is 0 Å². The predicted molar refractivity (Wildman–Crippen MR) is 97.8 cm³/mol. The van der Waals surface area contributed by atoms with Crippen molar-refractivity contribution in [2.45, 2.75) is 0 Å². The Hall–Kier alpha value is -3.35. The Labute approximate surface area is 150 Å². The van der Waals surface area contributed by atoms with Gasteiger partial charge in [0.15, 0.2) is 5.69 Å². The lowest BCUT2D eigenvalue weighted by Crippen LogP contribution is -2.41. The van der Waals surface area contributed by atoms with Crippen molar-refractivity contribution in [2.24, 2.45) is 28.2 Å². The van der Waals surface area contributed by atoms with Gasteiger partial charge in [0.25, 0.3) is 0 Å². The van der Waals surface area contributed by atoms with Crippen LogP contribution in [0.5, 0.6) is 0 Å². The first-order chi connectivity index (χ1) is 12.6. The van der Waals surface area contributed by atoms with E-state index in [1.807, 2.05) is 18.2 Å². The number of hydrogen-bond donors (Lipinski definition) is 0. The van der Waals surface area contributed by atoms with Crippen LogP contribution in [0.4, 0.5) is 0 Å². The molecule has 0 spiro atoms. The first-order valence-corrected chi connectivity index (χ1v) is 8.58. The highest BCUT2D eigenvalue weighted by Crippen LogP contribution is 2.19. The minimum absolute atomic E-state index is 0.931. The van der Waals surface area contributed by atoms with Crippen molar-refractivity contribution in [1.29, 1.82) is 0 Å². The highest BCUT2D eigenvalue weighted by Gasteiger charge is 2.26. The average Bonchev–Trinajstić information content (AvgIpc) is 3.34. The Morgan fingerprint density at radius 3 is 2.58 bits per heavy atom. The number of fused-ring (bicyclic) bond motifs is 3. The van der Waals surface area contributed by atoms with Crippen molar-refractivity contribution in [3.8, 4) is 17.3 Å². The molecule has 0 aliphatic carbocycles. The third-order valence-corrected chi connectivity index (χ3v) is 5.16. The lowest BCUT2D eigenvalue weighted by atomic mass is 10.3.